The first-order valence-corrected chi connectivity index (χ1v) is 5.20. The van der Waals surface area contributed by atoms with E-state index in [1.807, 2.05) is 6.92 Å². The second-order valence-corrected chi connectivity index (χ2v) is 3.42. The lowest BCUT2D eigenvalue weighted by molar-refractivity contribution is -0.112. The molecular formula is C12H15FN2O2. The SMILES string of the molecule is CCO/C(C)=C\C(=O)Nc1cc(N)ccc1F. The van der Waals surface area contributed by atoms with Crippen LogP contribution in [0.1, 0.15) is 13.8 Å². The number of rotatable bonds is 4. The van der Waals surface area contributed by atoms with E-state index < -0.39 is 11.7 Å². The lowest BCUT2D eigenvalue weighted by atomic mass is 10.2. The lowest BCUT2D eigenvalue weighted by Crippen LogP contribution is -2.11. The number of carbonyl (C=O) groups excluding carboxylic acids is 1. The molecule has 1 rings (SSSR count). The van der Waals surface area contributed by atoms with Crippen molar-refractivity contribution in [1.29, 1.82) is 0 Å². The van der Waals surface area contributed by atoms with Gasteiger partial charge in [0.1, 0.15) is 5.82 Å². The smallest absolute Gasteiger partial charge is 0.251 e. The third kappa shape index (κ3) is 4.14. The molecule has 17 heavy (non-hydrogen) atoms. The number of hydrogen-bond acceptors (Lipinski definition) is 3. The van der Waals surface area contributed by atoms with E-state index in [-0.39, 0.29) is 5.69 Å². The van der Waals surface area contributed by atoms with E-state index in [1.54, 1.807) is 6.92 Å². The number of nitrogens with one attached hydrogen (secondary N) is 1. The summed E-state index contributed by atoms with van der Waals surface area (Å²) in [6, 6.07) is 3.98. The van der Waals surface area contributed by atoms with Gasteiger partial charge in [0.05, 0.1) is 18.1 Å². The van der Waals surface area contributed by atoms with Gasteiger partial charge in [-0.25, -0.2) is 4.39 Å². The third-order valence-corrected chi connectivity index (χ3v) is 1.95. The molecule has 0 bridgehead atoms. The summed E-state index contributed by atoms with van der Waals surface area (Å²) in [5.74, 6) is -0.523. The van der Waals surface area contributed by atoms with Crippen LogP contribution in [0.4, 0.5) is 15.8 Å². The lowest BCUT2D eigenvalue weighted by Gasteiger charge is -2.06. The fourth-order valence-electron chi connectivity index (χ4n) is 1.26. The predicted octanol–water partition coefficient (Wildman–Crippen LogP) is 2.29. The van der Waals surface area contributed by atoms with Crippen LogP contribution in [-0.4, -0.2) is 12.5 Å². The Labute approximate surface area is 99.3 Å². The first-order chi connectivity index (χ1) is 8.02. The van der Waals surface area contributed by atoms with E-state index in [9.17, 15) is 9.18 Å². The molecule has 0 fully saturated rings. The van der Waals surface area contributed by atoms with Gasteiger partial charge in [-0.15, -0.1) is 0 Å². The topological polar surface area (TPSA) is 64.3 Å². The Balaban J connectivity index is 2.74. The van der Waals surface area contributed by atoms with Crippen molar-refractivity contribution < 1.29 is 13.9 Å². The minimum atomic E-state index is -0.532. The zero-order valence-corrected chi connectivity index (χ0v) is 9.79. The molecule has 4 nitrogen and oxygen atoms in total. The van der Waals surface area contributed by atoms with Crippen LogP contribution in [0.15, 0.2) is 30.0 Å². The third-order valence-electron chi connectivity index (χ3n) is 1.95. The van der Waals surface area contributed by atoms with Gasteiger partial charge in [-0.1, -0.05) is 0 Å². The van der Waals surface area contributed by atoms with Crippen LogP contribution >= 0.6 is 0 Å². The Hall–Kier alpha value is -2.04. The van der Waals surface area contributed by atoms with Gasteiger partial charge in [0, 0.05) is 11.8 Å². The van der Waals surface area contributed by atoms with Crippen LogP contribution in [0.2, 0.25) is 0 Å². The average molecular weight is 238 g/mol. The molecule has 0 heterocycles. The van der Waals surface area contributed by atoms with Crippen molar-refractivity contribution in [2.75, 3.05) is 17.7 Å². The maximum absolute atomic E-state index is 13.3. The largest absolute Gasteiger partial charge is 0.498 e. The minimum Gasteiger partial charge on any atom is -0.498 e. The number of allylic oxidation sites excluding steroid dienone is 1. The zero-order valence-electron chi connectivity index (χ0n) is 9.79. The van der Waals surface area contributed by atoms with E-state index in [2.05, 4.69) is 5.32 Å². The summed E-state index contributed by atoms with van der Waals surface area (Å²) in [5, 5.41) is 2.39. The number of nitrogen functional groups attached to an aromatic ring is 1. The molecule has 0 aromatic heterocycles. The molecule has 0 radical (unpaired) electrons. The fourth-order valence-corrected chi connectivity index (χ4v) is 1.26. The van der Waals surface area contributed by atoms with Crippen molar-refractivity contribution in [1.82, 2.24) is 0 Å². The quantitative estimate of drug-likeness (QED) is 0.480. The Morgan fingerprint density at radius 3 is 2.94 bits per heavy atom. The summed E-state index contributed by atoms with van der Waals surface area (Å²) in [4.78, 5) is 11.5. The highest BCUT2D eigenvalue weighted by Gasteiger charge is 2.05. The summed E-state index contributed by atoms with van der Waals surface area (Å²) >= 11 is 0. The van der Waals surface area contributed by atoms with Crippen LogP contribution in [0.25, 0.3) is 0 Å². The van der Waals surface area contributed by atoms with Crippen LogP contribution in [0.3, 0.4) is 0 Å². The molecule has 1 aromatic carbocycles. The number of carbonyl (C=O) groups is 1. The maximum Gasteiger partial charge on any atom is 0.251 e. The maximum atomic E-state index is 13.3. The standard InChI is InChI=1S/C12H15FN2O2/c1-3-17-8(2)6-12(16)15-11-7-9(14)4-5-10(11)13/h4-7H,3,14H2,1-2H3,(H,15,16)/b8-6-. The molecule has 0 saturated carbocycles. The van der Waals surface area contributed by atoms with Crippen molar-refractivity contribution in [2.45, 2.75) is 13.8 Å². The number of anilines is 2. The normalized spacial score (nSPS) is 11.1. The highest BCUT2D eigenvalue weighted by atomic mass is 19.1. The highest BCUT2D eigenvalue weighted by molar-refractivity contribution is 5.99. The van der Waals surface area contributed by atoms with Gasteiger partial charge < -0.3 is 15.8 Å². The molecule has 0 unspecified atom stereocenters. The van der Waals surface area contributed by atoms with E-state index >= 15 is 0 Å². The van der Waals surface area contributed by atoms with Crippen molar-refractivity contribution in [3.63, 3.8) is 0 Å². The van der Waals surface area contributed by atoms with Crippen LogP contribution in [0, 0.1) is 5.82 Å². The molecule has 0 saturated heterocycles. The molecule has 0 aliphatic heterocycles. The van der Waals surface area contributed by atoms with Gasteiger partial charge in [-0.3, -0.25) is 4.79 Å². The predicted molar refractivity (Wildman–Crippen MR) is 64.8 cm³/mol. The zero-order chi connectivity index (χ0) is 12.8. The van der Waals surface area contributed by atoms with Gasteiger partial charge in [0.2, 0.25) is 0 Å². The van der Waals surface area contributed by atoms with E-state index in [0.29, 0.717) is 18.1 Å². The van der Waals surface area contributed by atoms with Crippen molar-refractivity contribution in [3.05, 3.63) is 35.9 Å². The fraction of sp³-hybridized carbons (Fsp3) is 0.250. The summed E-state index contributed by atoms with van der Waals surface area (Å²) in [6.45, 7) is 3.94. The van der Waals surface area contributed by atoms with Crippen molar-refractivity contribution in [3.8, 4) is 0 Å². The molecule has 1 aromatic rings. The molecule has 0 aliphatic rings. The van der Waals surface area contributed by atoms with Gasteiger partial charge >= 0.3 is 0 Å². The number of ether oxygens (including phenoxy) is 1. The van der Waals surface area contributed by atoms with Crippen molar-refractivity contribution in [2.24, 2.45) is 0 Å². The Bertz CT molecular complexity index is 444. The number of hydrogen-bond donors (Lipinski definition) is 2. The molecule has 0 atom stereocenters. The molecule has 92 valence electrons. The number of halogens is 1. The number of nitrogens with two attached hydrogens (primary N) is 1. The van der Waals surface area contributed by atoms with E-state index in [4.69, 9.17) is 10.5 Å². The Morgan fingerprint density at radius 1 is 1.59 bits per heavy atom. The molecule has 5 heteroatoms. The number of benzene rings is 1. The molecular weight excluding hydrogens is 223 g/mol. The van der Waals surface area contributed by atoms with Crippen molar-refractivity contribution >= 4 is 17.3 Å². The number of amides is 1. The second kappa shape index (κ2) is 5.89. The second-order valence-electron chi connectivity index (χ2n) is 3.42. The summed E-state index contributed by atoms with van der Waals surface area (Å²) in [7, 11) is 0. The minimum absolute atomic E-state index is 0.0514. The monoisotopic (exact) mass is 238 g/mol. The average Bonchev–Trinajstić information content (AvgIpc) is 2.23. The van der Waals surface area contributed by atoms with E-state index in [1.165, 1.54) is 24.3 Å². The first-order valence-electron chi connectivity index (χ1n) is 5.20. The summed E-state index contributed by atoms with van der Waals surface area (Å²) in [5.41, 5.74) is 5.93. The molecule has 0 aliphatic carbocycles. The molecule has 3 N–H and O–H groups in total. The van der Waals surface area contributed by atoms with Crippen LogP contribution in [0.5, 0.6) is 0 Å². The first kappa shape index (κ1) is 13.0. The van der Waals surface area contributed by atoms with Gasteiger partial charge in [0.25, 0.3) is 5.91 Å². The molecule has 0 spiro atoms. The van der Waals surface area contributed by atoms with Gasteiger partial charge in [-0.2, -0.15) is 0 Å². The highest BCUT2D eigenvalue weighted by Crippen LogP contribution is 2.17. The van der Waals surface area contributed by atoms with Gasteiger partial charge in [-0.05, 0) is 32.0 Å². The van der Waals surface area contributed by atoms with Crippen LogP contribution < -0.4 is 11.1 Å². The molecule has 1 amide bonds. The van der Waals surface area contributed by atoms with E-state index in [0.717, 1.165) is 0 Å². The summed E-state index contributed by atoms with van der Waals surface area (Å²) < 4.78 is 18.4. The van der Waals surface area contributed by atoms with Crippen LogP contribution in [-0.2, 0) is 9.53 Å². The van der Waals surface area contributed by atoms with Gasteiger partial charge in [0.15, 0.2) is 0 Å². The Morgan fingerprint density at radius 2 is 2.29 bits per heavy atom. The summed E-state index contributed by atoms with van der Waals surface area (Å²) in [6.07, 6.45) is 1.26. The Kier molecular flexibility index (Phi) is 4.51.